The van der Waals surface area contributed by atoms with Gasteiger partial charge in [-0.3, -0.25) is 4.79 Å². The Hall–Kier alpha value is -1.30. The van der Waals surface area contributed by atoms with Gasteiger partial charge in [-0.25, -0.2) is 4.79 Å². The highest BCUT2D eigenvalue weighted by Gasteiger charge is 2.32. The second kappa shape index (κ2) is 9.25. The molecule has 6 nitrogen and oxygen atoms in total. The van der Waals surface area contributed by atoms with Crippen LogP contribution in [0.15, 0.2) is 0 Å². The highest BCUT2D eigenvalue weighted by atomic mass is 16.2. The van der Waals surface area contributed by atoms with Gasteiger partial charge in [0.05, 0.1) is 5.92 Å². The summed E-state index contributed by atoms with van der Waals surface area (Å²) in [7, 11) is 1.98. The molecular formula is C18H34N4O2. The summed E-state index contributed by atoms with van der Waals surface area (Å²) in [4.78, 5) is 28.9. The van der Waals surface area contributed by atoms with Gasteiger partial charge in [0.25, 0.3) is 0 Å². The molecule has 1 unspecified atom stereocenters. The number of piperidine rings is 2. The summed E-state index contributed by atoms with van der Waals surface area (Å²) in [5.41, 5.74) is 0. The van der Waals surface area contributed by atoms with Crippen molar-refractivity contribution < 1.29 is 9.59 Å². The predicted molar refractivity (Wildman–Crippen MR) is 95.8 cm³/mol. The molecule has 2 saturated heterocycles. The van der Waals surface area contributed by atoms with Gasteiger partial charge in [-0.15, -0.1) is 0 Å². The van der Waals surface area contributed by atoms with Crippen molar-refractivity contribution in [3.8, 4) is 0 Å². The molecule has 24 heavy (non-hydrogen) atoms. The number of hydrogen-bond donors (Lipinski definition) is 2. The maximum absolute atomic E-state index is 12.8. The summed E-state index contributed by atoms with van der Waals surface area (Å²) in [6.07, 6.45) is 3.99. The van der Waals surface area contributed by atoms with E-state index in [0.717, 1.165) is 51.9 Å². The summed E-state index contributed by atoms with van der Waals surface area (Å²) in [5.74, 6) is 1.35. The fourth-order valence-corrected chi connectivity index (χ4v) is 3.67. The normalized spacial score (nSPS) is 22.8. The van der Waals surface area contributed by atoms with E-state index >= 15 is 0 Å². The van der Waals surface area contributed by atoms with Gasteiger partial charge in [0.2, 0.25) is 5.91 Å². The number of carbonyl (C=O) groups is 2. The molecule has 6 heteroatoms. The van der Waals surface area contributed by atoms with Crippen molar-refractivity contribution in [3.63, 3.8) is 0 Å². The quantitative estimate of drug-likeness (QED) is 0.799. The molecule has 0 aliphatic carbocycles. The number of carbonyl (C=O) groups excluding carboxylic acids is 2. The van der Waals surface area contributed by atoms with Crippen molar-refractivity contribution in [2.24, 2.45) is 17.8 Å². The first-order chi connectivity index (χ1) is 11.5. The molecule has 0 aromatic rings. The van der Waals surface area contributed by atoms with Crippen molar-refractivity contribution in [1.29, 1.82) is 0 Å². The van der Waals surface area contributed by atoms with Crippen LogP contribution < -0.4 is 10.6 Å². The molecule has 0 spiro atoms. The van der Waals surface area contributed by atoms with Crippen LogP contribution in [0.2, 0.25) is 0 Å². The minimum atomic E-state index is -0.0237. The van der Waals surface area contributed by atoms with Crippen LogP contribution in [0.5, 0.6) is 0 Å². The topological polar surface area (TPSA) is 64.7 Å². The zero-order valence-electron chi connectivity index (χ0n) is 15.5. The third-order valence-electron chi connectivity index (χ3n) is 5.14. The number of urea groups is 1. The number of amides is 3. The summed E-state index contributed by atoms with van der Waals surface area (Å²) < 4.78 is 0. The van der Waals surface area contributed by atoms with Gasteiger partial charge in [0.1, 0.15) is 0 Å². The van der Waals surface area contributed by atoms with E-state index in [4.69, 9.17) is 0 Å². The average molecular weight is 338 g/mol. The molecule has 0 aromatic carbocycles. The van der Waals surface area contributed by atoms with Crippen molar-refractivity contribution in [2.45, 2.75) is 39.5 Å². The smallest absolute Gasteiger partial charge is 0.317 e. The lowest BCUT2D eigenvalue weighted by molar-refractivity contribution is -0.138. The molecule has 3 amide bonds. The third kappa shape index (κ3) is 5.36. The second-order valence-electron chi connectivity index (χ2n) is 7.69. The van der Waals surface area contributed by atoms with Crippen LogP contribution in [0.3, 0.4) is 0 Å². The van der Waals surface area contributed by atoms with Gasteiger partial charge in [-0.1, -0.05) is 13.8 Å². The molecule has 2 aliphatic rings. The molecule has 0 aromatic heterocycles. The highest BCUT2D eigenvalue weighted by molar-refractivity contribution is 5.81. The minimum Gasteiger partial charge on any atom is -0.342 e. The first-order valence-electron chi connectivity index (χ1n) is 9.47. The maximum atomic E-state index is 12.8. The largest absolute Gasteiger partial charge is 0.342 e. The van der Waals surface area contributed by atoms with Gasteiger partial charge in [-0.2, -0.15) is 0 Å². The number of likely N-dealkylation sites (tertiary alicyclic amines) is 2. The SMILES string of the molecule is CNCC1CCN(C(=O)C2CCCN(C(=O)NCC(C)C)C2)CC1. The van der Waals surface area contributed by atoms with Gasteiger partial charge in [0.15, 0.2) is 0 Å². The molecule has 2 heterocycles. The molecular weight excluding hydrogens is 304 g/mol. The molecule has 2 N–H and O–H groups in total. The van der Waals surface area contributed by atoms with Gasteiger partial charge in [0, 0.05) is 32.7 Å². The Morgan fingerprint density at radius 2 is 1.79 bits per heavy atom. The van der Waals surface area contributed by atoms with E-state index in [9.17, 15) is 9.59 Å². The monoisotopic (exact) mass is 338 g/mol. The molecule has 138 valence electrons. The first kappa shape index (κ1) is 19.0. The van der Waals surface area contributed by atoms with Crippen molar-refractivity contribution in [1.82, 2.24) is 20.4 Å². The standard InChI is InChI=1S/C18H34N4O2/c1-14(2)11-20-18(24)22-8-4-5-16(13-22)17(23)21-9-6-15(7-10-21)12-19-3/h14-16,19H,4-13H2,1-3H3,(H,20,24). The Labute approximate surface area is 146 Å². The zero-order valence-corrected chi connectivity index (χ0v) is 15.5. The Morgan fingerprint density at radius 1 is 1.08 bits per heavy atom. The van der Waals surface area contributed by atoms with E-state index in [1.165, 1.54) is 0 Å². The van der Waals surface area contributed by atoms with E-state index in [-0.39, 0.29) is 17.9 Å². The van der Waals surface area contributed by atoms with E-state index in [2.05, 4.69) is 24.5 Å². The van der Waals surface area contributed by atoms with Crippen molar-refractivity contribution in [3.05, 3.63) is 0 Å². The zero-order chi connectivity index (χ0) is 17.5. The van der Waals surface area contributed by atoms with Crippen LogP contribution in [0, 0.1) is 17.8 Å². The van der Waals surface area contributed by atoms with Gasteiger partial charge in [-0.05, 0) is 51.1 Å². The van der Waals surface area contributed by atoms with Crippen LogP contribution >= 0.6 is 0 Å². The fourth-order valence-electron chi connectivity index (χ4n) is 3.67. The first-order valence-corrected chi connectivity index (χ1v) is 9.47. The highest BCUT2D eigenvalue weighted by Crippen LogP contribution is 2.23. The molecule has 2 fully saturated rings. The van der Waals surface area contributed by atoms with E-state index in [1.54, 1.807) is 0 Å². The van der Waals surface area contributed by atoms with Crippen LogP contribution in [0.4, 0.5) is 4.79 Å². The van der Waals surface area contributed by atoms with Crippen molar-refractivity contribution >= 4 is 11.9 Å². The number of rotatable bonds is 5. The van der Waals surface area contributed by atoms with Crippen LogP contribution in [-0.4, -0.2) is 68.1 Å². The molecule has 0 radical (unpaired) electrons. The maximum Gasteiger partial charge on any atom is 0.317 e. The second-order valence-corrected chi connectivity index (χ2v) is 7.69. The third-order valence-corrected chi connectivity index (χ3v) is 5.14. The van der Waals surface area contributed by atoms with Crippen molar-refractivity contribution in [2.75, 3.05) is 46.3 Å². The van der Waals surface area contributed by atoms with E-state index < -0.39 is 0 Å². The lowest BCUT2D eigenvalue weighted by atomic mass is 9.93. The van der Waals surface area contributed by atoms with E-state index in [0.29, 0.717) is 24.9 Å². The Bertz CT molecular complexity index is 419. The Kier molecular flexibility index (Phi) is 7.34. The number of nitrogens with one attached hydrogen (secondary N) is 2. The van der Waals surface area contributed by atoms with Crippen LogP contribution in [0.25, 0.3) is 0 Å². The molecule has 2 rings (SSSR count). The average Bonchev–Trinajstić information content (AvgIpc) is 2.60. The summed E-state index contributed by atoms with van der Waals surface area (Å²) in [5, 5.41) is 6.19. The fraction of sp³-hybridized carbons (Fsp3) is 0.889. The Morgan fingerprint density at radius 3 is 2.42 bits per heavy atom. The molecule has 0 bridgehead atoms. The van der Waals surface area contributed by atoms with Crippen LogP contribution in [-0.2, 0) is 4.79 Å². The van der Waals surface area contributed by atoms with Crippen LogP contribution in [0.1, 0.15) is 39.5 Å². The molecule has 2 aliphatic heterocycles. The summed E-state index contributed by atoms with van der Waals surface area (Å²) >= 11 is 0. The van der Waals surface area contributed by atoms with Gasteiger partial charge >= 0.3 is 6.03 Å². The molecule has 0 saturated carbocycles. The number of hydrogen-bond acceptors (Lipinski definition) is 3. The Balaban J connectivity index is 1.81. The summed E-state index contributed by atoms with van der Waals surface area (Å²) in [6, 6.07) is -0.0195. The lowest BCUT2D eigenvalue weighted by Crippen LogP contribution is -2.51. The number of nitrogens with zero attached hydrogens (tertiary/aromatic N) is 2. The lowest BCUT2D eigenvalue weighted by Gasteiger charge is -2.38. The van der Waals surface area contributed by atoms with E-state index in [1.807, 2.05) is 16.8 Å². The molecule has 1 atom stereocenters. The van der Waals surface area contributed by atoms with Gasteiger partial charge < -0.3 is 20.4 Å². The summed E-state index contributed by atoms with van der Waals surface area (Å²) in [6.45, 7) is 8.95. The predicted octanol–water partition coefficient (Wildman–Crippen LogP) is 1.52. The minimum absolute atomic E-state index is 0.0195.